The van der Waals surface area contributed by atoms with Crippen LogP contribution in [0.1, 0.15) is 11.4 Å². The van der Waals surface area contributed by atoms with Crippen LogP contribution in [0.4, 0.5) is 0 Å². The molecule has 35 heavy (non-hydrogen) atoms. The fourth-order valence-electron chi connectivity index (χ4n) is 3.96. The van der Waals surface area contributed by atoms with E-state index in [4.69, 9.17) is 9.72 Å². The fourth-order valence-corrected chi connectivity index (χ4v) is 4.91. The Kier molecular flexibility index (Phi) is 6.63. The van der Waals surface area contributed by atoms with Gasteiger partial charge in [-0.1, -0.05) is 54.2 Å². The van der Waals surface area contributed by atoms with Crippen molar-refractivity contribution in [2.75, 3.05) is 7.11 Å². The maximum Gasteiger partial charge on any atom is 0.261 e. The molecule has 3 aromatic carbocycles. The maximum atomic E-state index is 12.8. The Labute approximate surface area is 207 Å². The third kappa shape index (κ3) is 4.83. The Bertz CT molecular complexity index is 1510. The number of benzene rings is 3. The Balaban J connectivity index is 1.46. The van der Waals surface area contributed by atoms with E-state index in [2.05, 4.69) is 26.9 Å². The van der Waals surface area contributed by atoms with Crippen molar-refractivity contribution in [3.63, 3.8) is 0 Å². The van der Waals surface area contributed by atoms with Crippen molar-refractivity contribution < 1.29 is 4.74 Å². The normalized spacial score (nSPS) is 11.1. The summed E-state index contributed by atoms with van der Waals surface area (Å²) in [6.45, 7) is 0.727. The highest BCUT2D eigenvalue weighted by atomic mass is 32.2. The Morgan fingerprint density at radius 1 is 0.914 bits per heavy atom. The minimum absolute atomic E-state index is 0.0457. The molecule has 5 aromatic rings. The van der Waals surface area contributed by atoms with Crippen LogP contribution in [0.3, 0.4) is 0 Å². The molecule has 0 atom stereocenters. The number of para-hydroxylation sites is 1. The molecular weight excluding hydrogens is 458 g/mol. The van der Waals surface area contributed by atoms with Crippen molar-refractivity contribution in [3.05, 3.63) is 101 Å². The van der Waals surface area contributed by atoms with E-state index >= 15 is 0 Å². The number of aryl methyl sites for hydroxylation is 1. The average Bonchev–Trinajstić information content (AvgIpc) is 3.32. The van der Waals surface area contributed by atoms with Gasteiger partial charge in [0.2, 0.25) is 0 Å². The van der Waals surface area contributed by atoms with Crippen molar-refractivity contribution in [3.8, 4) is 17.1 Å². The van der Waals surface area contributed by atoms with E-state index in [1.807, 2.05) is 66.7 Å². The van der Waals surface area contributed by atoms with Gasteiger partial charge in [-0.25, -0.2) is 4.98 Å². The Hall–Kier alpha value is -3.91. The molecule has 2 aromatic heterocycles. The largest absolute Gasteiger partial charge is 0.497 e. The standard InChI is InChI=1S/C27H25N5O2S/c1-31-24(28-23-11-7-6-10-22(23)26(31)33)18-35-27-30-29-25(20-12-14-21(34-2)15-13-20)32(27)17-16-19-8-4-3-5-9-19/h3-15H,16-18H2,1-2H3. The van der Waals surface area contributed by atoms with Gasteiger partial charge >= 0.3 is 0 Å². The molecule has 0 radical (unpaired) electrons. The summed E-state index contributed by atoms with van der Waals surface area (Å²) in [6, 6.07) is 25.6. The molecule has 0 unspecified atom stereocenters. The zero-order valence-electron chi connectivity index (χ0n) is 19.6. The molecule has 0 aliphatic heterocycles. The van der Waals surface area contributed by atoms with Crippen LogP contribution in [-0.2, 0) is 25.8 Å². The van der Waals surface area contributed by atoms with Crippen molar-refractivity contribution in [1.29, 1.82) is 0 Å². The molecule has 2 heterocycles. The second-order valence-corrected chi connectivity index (χ2v) is 9.06. The number of rotatable bonds is 8. The predicted molar refractivity (Wildman–Crippen MR) is 139 cm³/mol. The van der Waals surface area contributed by atoms with Crippen LogP contribution in [0.15, 0.2) is 88.8 Å². The molecule has 176 valence electrons. The SMILES string of the molecule is COc1ccc(-c2nnc(SCc3nc4ccccc4c(=O)n3C)n2CCc2ccccc2)cc1. The van der Waals surface area contributed by atoms with Gasteiger partial charge in [0.15, 0.2) is 11.0 Å². The summed E-state index contributed by atoms with van der Waals surface area (Å²) < 4.78 is 9.06. The van der Waals surface area contributed by atoms with Gasteiger partial charge in [0.05, 0.1) is 23.8 Å². The van der Waals surface area contributed by atoms with E-state index in [0.717, 1.165) is 35.3 Å². The Morgan fingerprint density at radius 3 is 2.43 bits per heavy atom. The second-order valence-electron chi connectivity index (χ2n) is 8.12. The first-order chi connectivity index (χ1) is 17.1. The van der Waals surface area contributed by atoms with Gasteiger partial charge < -0.3 is 9.30 Å². The summed E-state index contributed by atoms with van der Waals surface area (Å²) in [4.78, 5) is 17.5. The van der Waals surface area contributed by atoms with E-state index in [0.29, 0.717) is 22.5 Å². The molecule has 0 aliphatic rings. The number of ether oxygens (including phenoxy) is 1. The summed E-state index contributed by atoms with van der Waals surface area (Å²) in [6.07, 6.45) is 0.850. The maximum absolute atomic E-state index is 12.8. The zero-order chi connectivity index (χ0) is 24.2. The predicted octanol–water partition coefficient (Wildman–Crippen LogP) is 4.74. The summed E-state index contributed by atoms with van der Waals surface area (Å²) in [5.41, 5.74) is 2.87. The van der Waals surface area contributed by atoms with Crippen molar-refractivity contribution >= 4 is 22.7 Å². The lowest BCUT2D eigenvalue weighted by molar-refractivity contribution is 0.415. The summed E-state index contributed by atoms with van der Waals surface area (Å²) in [5, 5.41) is 10.4. The smallest absolute Gasteiger partial charge is 0.261 e. The average molecular weight is 484 g/mol. The highest BCUT2D eigenvalue weighted by Gasteiger charge is 2.16. The molecule has 0 aliphatic carbocycles. The van der Waals surface area contributed by atoms with Crippen LogP contribution in [0.25, 0.3) is 22.3 Å². The van der Waals surface area contributed by atoms with Crippen LogP contribution in [0.2, 0.25) is 0 Å². The number of nitrogens with zero attached hydrogens (tertiary/aromatic N) is 5. The lowest BCUT2D eigenvalue weighted by Crippen LogP contribution is -2.22. The van der Waals surface area contributed by atoms with Crippen molar-refractivity contribution in [2.24, 2.45) is 7.05 Å². The lowest BCUT2D eigenvalue weighted by Gasteiger charge is -2.12. The molecule has 8 heteroatoms. The van der Waals surface area contributed by atoms with Gasteiger partial charge in [-0.3, -0.25) is 9.36 Å². The first kappa shape index (κ1) is 22.9. The second kappa shape index (κ2) is 10.1. The molecule has 0 fully saturated rings. The van der Waals surface area contributed by atoms with Gasteiger partial charge in [0.25, 0.3) is 5.56 Å². The van der Waals surface area contributed by atoms with Crippen LogP contribution in [0.5, 0.6) is 5.75 Å². The molecular formula is C27H25N5O2S. The van der Waals surface area contributed by atoms with E-state index in [1.54, 1.807) is 18.7 Å². The topological polar surface area (TPSA) is 74.8 Å². The molecule has 0 N–H and O–H groups in total. The molecule has 0 amide bonds. The van der Waals surface area contributed by atoms with E-state index in [1.165, 1.54) is 17.3 Å². The number of hydrogen-bond acceptors (Lipinski definition) is 6. The van der Waals surface area contributed by atoms with Crippen LogP contribution in [0, 0.1) is 0 Å². The zero-order valence-corrected chi connectivity index (χ0v) is 20.4. The summed E-state index contributed by atoms with van der Waals surface area (Å²) >= 11 is 1.53. The first-order valence-electron chi connectivity index (χ1n) is 11.3. The summed E-state index contributed by atoms with van der Waals surface area (Å²) in [5.74, 6) is 2.79. The van der Waals surface area contributed by atoms with Gasteiger partial charge in [0.1, 0.15) is 11.6 Å². The monoisotopic (exact) mass is 483 g/mol. The van der Waals surface area contributed by atoms with E-state index in [9.17, 15) is 4.79 Å². The third-order valence-corrected chi connectivity index (χ3v) is 6.90. The van der Waals surface area contributed by atoms with Crippen LogP contribution < -0.4 is 10.3 Å². The first-order valence-corrected chi connectivity index (χ1v) is 12.3. The van der Waals surface area contributed by atoms with Gasteiger partial charge in [-0.05, 0) is 48.4 Å². The molecule has 0 saturated carbocycles. The quantitative estimate of drug-likeness (QED) is 0.297. The number of fused-ring (bicyclic) bond motifs is 1. The van der Waals surface area contributed by atoms with E-state index in [-0.39, 0.29) is 5.56 Å². The van der Waals surface area contributed by atoms with Crippen molar-refractivity contribution in [2.45, 2.75) is 23.9 Å². The number of hydrogen-bond donors (Lipinski definition) is 0. The molecule has 5 rings (SSSR count). The summed E-state index contributed by atoms with van der Waals surface area (Å²) in [7, 11) is 3.42. The Morgan fingerprint density at radius 2 is 1.66 bits per heavy atom. The minimum Gasteiger partial charge on any atom is -0.497 e. The highest BCUT2D eigenvalue weighted by Crippen LogP contribution is 2.28. The van der Waals surface area contributed by atoms with E-state index < -0.39 is 0 Å². The fraction of sp³-hybridized carbons (Fsp3) is 0.185. The molecule has 0 saturated heterocycles. The number of thioether (sulfide) groups is 1. The lowest BCUT2D eigenvalue weighted by atomic mass is 10.1. The number of aromatic nitrogens is 5. The highest BCUT2D eigenvalue weighted by molar-refractivity contribution is 7.98. The van der Waals surface area contributed by atoms with Crippen molar-refractivity contribution in [1.82, 2.24) is 24.3 Å². The minimum atomic E-state index is -0.0457. The van der Waals surface area contributed by atoms with Gasteiger partial charge in [-0.2, -0.15) is 0 Å². The molecule has 7 nitrogen and oxygen atoms in total. The van der Waals surface area contributed by atoms with Gasteiger partial charge in [-0.15, -0.1) is 10.2 Å². The van der Waals surface area contributed by atoms with Gasteiger partial charge in [0, 0.05) is 19.2 Å². The third-order valence-electron chi connectivity index (χ3n) is 5.94. The molecule has 0 bridgehead atoms. The van der Waals surface area contributed by atoms with Crippen LogP contribution in [-0.4, -0.2) is 31.4 Å². The number of methoxy groups -OCH3 is 1. The molecule has 0 spiro atoms. The van der Waals surface area contributed by atoms with Crippen LogP contribution >= 0.6 is 11.8 Å².